The number of nitrogens with one attached hydrogen (secondary N) is 2. The van der Waals surface area contributed by atoms with Crippen molar-refractivity contribution in [2.24, 2.45) is 0 Å². The van der Waals surface area contributed by atoms with Crippen LogP contribution in [0.5, 0.6) is 11.5 Å². The van der Waals surface area contributed by atoms with Crippen LogP contribution in [0.2, 0.25) is 10.0 Å². The number of urea groups is 1. The Morgan fingerprint density at radius 3 is 2.30 bits per heavy atom. The van der Waals surface area contributed by atoms with Crippen LogP contribution in [0.4, 0.5) is 16.2 Å². The number of anilines is 2. The van der Waals surface area contributed by atoms with Crippen molar-refractivity contribution in [2.45, 2.75) is 0 Å². The van der Waals surface area contributed by atoms with Crippen LogP contribution in [0.1, 0.15) is 0 Å². The Labute approximate surface area is 124 Å². The maximum Gasteiger partial charge on any atom is 0.323 e. The highest BCUT2D eigenvalue weighted by atomic mass is 35.5. The van der Waals surface area contributed by atoms with E-state index in [0.29, 0.717) is 10.7 Å². The quantitative estimate of drug-likeness (QED) is 0.675. The zero-order valence-corrected chi connectivity index (χ0v) is 11.5. The molecule has 0 saturated carbocycles. The fraction of sp³-hybridized carbons (Fsp3) is 0. The van der Waals surface area contributed by atoms with Gasteiger partial charge in [-0.15, -0.1) is 0 Å². The van der Waals surface area contributed by atoms with Gasteiger partial charge in [0.2, 0.25) is 0 Å². The standard InChI is InChI=1S/C13H10Cl2N2O3/c14-10-2-1-3-11(12(10)15)17-13(20)16-7-4-8(18)6-9(19)5-7/h1-6,18-19H,(H2,16,17,20). The molecule has 0 radical (unpaired) electrons. The molecule has 4 N–H and O–H groups in total. The lowest BCUT2D eigenvalue weighted by molar-refractivity contribution is 0.262. The lowest BCUT2D eigenvalue weighted by atomic mass is 10.3. The largest absolute Gasteiger partial charge is 0.508 e. The van der Waals surface area contributed by atoms with Crippen molar-refractivity contribution < 1.29 is 15.0 Å². The Kier molecular flexibility index (Phi) is 4.22. The number of hydrogen-bond donors (Lipinski definition) is 4. The van der Waals surface area contributed by atoms with E-state index in [1.54, 1.807) is 18.2 Å². The minimum atomic E-state index is -0.584. The molecule has 104 valence electrons. The van der Waals surface area contributed by atoms with Gasteiger partial charge in [-0.1, -0.05) is 29.3 Å². The first-order valence-corrected chi connectivity index (χ1v) is 6.26. The molecule has 0 unspecified atom stereocenters. The number of benzene rings is 2. The normalized spacial score (nSPS) is 10.1. The van der Waals surface area contributed by atoms with Crippen LogP contribution in [0.15, 0.2) is 36.4 Å². The Morgan fingerprint density at radius 2 is 1.65 bits per heavy atom. The highest BCUT2D eigenvalue weighted by Gasteiger charge is 2.09. The molecule has 2 rings (SSSR count). The van der Waals surface area contributed by atoms with E-state index in [2.05, 4.69) is 10.6 Å². The predicted molar refractivity (Wildman–Crippen MR) is 78.9 cm³/mol. The fourth-order valence-electron chi connectivity index (χ4n) is 1.55. The van der Waals surface area contributed by atoms with Gasteiger partial charge >= 0.3 is 6.03 Å². The molecule has 0 atom stereocenters. The maximum atomic E-state index is 11.8. The highest BCUT2D eigenvalue weighted by molar-refractivity contribution is 6.44. The van der Waals surface area contributed by atoms with Crippen LogP contribution in [0.3, 0.4) is 0 Å². The van der Waals surface area contributed by atoms with E-state index in [-0.39, 0.29) is 22.2 Å². The molecule has 0 bridgehead atoms. The molecule has 20 heavy (non-hydrogen) atoms. The van der Waals surface area contributed by atoms with E-state index in [9.17, 15) is 15.0 Å². The van der Waals surface area contributed by atoms with Crippen molar-refractivity contribution in [2.75, 3.05) is 10.6 Å². The van der Waals surface area contributed by atoms with E-state index in [1.807, 2.05) is 0 Å². The number of amides is 2. The van der Waals surface area contributed by atoms with Gasteiger partial charge < -0.3 is 20.8 Å². The van der Waals surface area contributed by atoms with Gasteiger partial charge in [0.25, 0.3) is 0 Å². The lowest BCUT2D eigenvalue weighted by Crippen LogP contribution is -2.19. The summed E-state index contributed by atoms with van der Waals surface area (Å²) in [5.74, 6) is -0.331. The van der Waals surface area contributed by atoms with Crippen LogP contribution in [0, 0.1) is 0 Å². The van der Waals surface area contributed by atoms with Gasteiger partial charge in [-0.2, -0.15) is 0 Å². The second-order valence-corrected chi connectivity index (χ2v) is 4.70. The Bertz CT molecular complexity index is 642. The Morgan fingerprint density at radius 1 is 1.00 bits per heavy atom. The molecular formula is C13H10Cl2N2O3. The third-order valence-electron chi connectivity index (χ3n) is 2.36. The van der Waals surface area contributed by atoms with E-state index in [4.69, 9.17) is 23.2 Å². The topological polar surface area (TPSA) is 81.6 Å². The Balaban J connectivity index is 2.11. The third kappa shape index (κ3) is 3.46. The van der Waals surface area contributed by atoms with E-state index >= 15 is 0 Å². The second-order valence-electron chi connectivity index (χ2n) is 3.92. The predicted octanol–water partition coefficient (Wildman–Crippen LogP) is 4.05. The Hall–Kier alpha value is -2.11. The first-order valence-electron chi connectivity index (χ1n) is 5.51. The molecule has 0 aliphatic carbocycles. The highest BCUT2D eigenvalue weighted by Crippen LogP contribution is 2.30. The van der Waals surface area contributed by atoms with Crippen LogP contribution >= 0.6 is 23.2 Å². The average molecular weight is 313 g/mol. The van der Waals surface area contributed by atoms with Gasteiger partial charge in [0.1, 0.15) is 11.5 Å². The molecule has 2 amide bonds. The average Bonchev–Trinajstić information content (AvgIpc) is 2.33. The summed E-state index contributed by atoms with van der Waals surface area (Å²) in [6, 6.07) is 7.98. The molecule has 0 heterocycles. The van der Waals surface area contributed by atoms with E-state index in [1.165, 1.54) is 12.1 Å². The molecule has 0 aliphatic heterocycles. The SMILES string of the molecule is O=C(Nc1cc(O)cc(O)c1)Nc1cccc(Cl)c1Cl. The molecule has 5 nitrogen and oxygen atoms in total. The fourth-order valence-corrected chi connectivity index (χ4v) is 1.90. The number of phenolic OH excluding ortho intramolecular Hbond substituents is 2. The number of carbonyl (C=O) groups is 1. The summed E-state index contributed by atoms with van der Waals surface area (Å²) in [6.45, 7) is 0. The second kappa shape index (κ2) is 5.90. The molecule has 7 heteroatoms. The van der Waals surface area contributed by atoms with Crippen LogP contribution < -0.4 is 10.6 Å². The number of hydrogen-bond acceptors (Lipinski definition) is 3. The first-order chi connectivity index (χ1) is 9.45. The van der Waals surface area contributed by atoms with Crippen molar-refractivity contribution >= 4 is 40.6 Å². The lowest BCUT2D eigenvalue weighted by Gasteiger charge is -2.10. The van der Waals surface area contributed by atoms with Gasteiger partial charge in [0.05, 0.1) is 15.7 Å². The summed E-state index contributed by atoms with van der Waals surface area (Å²) in [7, 11) is 0. The minimum absolute atomic E-state index is 0.166. The van der Waals surface area contributed by atoms with Gasteiger partial charge in [-0.25, -0.2) is 4.79 Å². The molecule has 0 aromatic heterocycles. The van der Waals surface area contributed by atoms with Crippen molar-refractivity contribution in [3.8, 4) is 11.5 Å². The van der Waals surface area contributed by atoms with Crippen LogP contribution in [0.25, 0.3) is 0 Å². The summed E-state index contributed by atoms with van der Waals surface area (Å²) in [5, 5.41) is 24.1. The molecule has 0 fully saturated rings. The van der Waals surface area contributed by atoms with E-state index < -0.39 is 6.03 Å². The van der Waals surface area contributed by atoms with Crippen LogP contribution in [-0.4, -0.2) is 16.2 Å². The number of carbonyl (C=O) groups excluding carboxylic acids is 1. The van der Waals surface area contributed by atoms with Gasteiger partial charge in [-0.3, -0.25) is 0 Å². The molecule has 0 saturated heterocycles. The maximum absolute atomic E-state index is 11.8. The zero-order valence-electron chi connectivity index (χ0n) is 10.0. The van der Waals surface area contributed by atoms with Crippen molar-refractivity contribution in [1.29, 1.82) is 0 Å². The van der Waals surface area contributed by atoms with Crippen LogP contribution in [-0.2, 0) is 0 Å². The summed E-state index contributed by atoms with van der Waals surface area (Å²) in [4.78, 5) is 11.8. The molecule has 2 aromatic carbocycles. The first kappa shape index (κ1) is 14.3. The number of halogens is 2. The number of rotatable bonds is 2. The van der Waals surface area contributed by atoms with Gasteiger partial charge in [0, 0.05) is 23.9 Å². The monoisotopic (exact) mass is 312 g/mol. The number of aromatic hydroxyl groups is 2. The third-order valence-corrected chi connectivity index (χ3v) is 3.18. The van der Waals surface area contributed by atoms with E-state index in [0.717, 1.165) is 6.07 Å². The molecule has 2 aromatic rings. The van der Waals surface area contributed by atoms with Crippen molar-refractivity contribution in [1.82, 2.24) is 0 Å². The summed E-state index contributed by atoms with van der Waals surface area (Å²) >= 11 is 11.8. The van der Waals surface area contributed by atoms with Gasteiger partial charge in [0.15, 0.2) is 0 Å². The zero-order chi connectivity index (χ0) is 14.7. The number of phenols is 2. The summed E-state index contributed by atoms with van der Waals surface area (Å²) < 4.78 is 0. The van der Waals surface area contributed by atoms with Gasteiger partial charge in [-0.05, 0) is 12.1 Å². The molecule has 0 aliphatic rings. The van der Waals surface area contributed by atoms with Crippen molar-refractivity contribution in [3.05, 3.63) is 46.4 Å². The summed E-state index contributed by atoms with van der Waals surface area (Å²) in [6.07, 6.45) is 0. The minimum Gasteiger partial charge on any atom is -0.508 e. The smallest absolute Gasteiger partial charge is 0.323 e. The van der Waals surface area contributed by atoms with Crippen molar-refractivity contribution in [3.63, 3.8) is 0 Å². The molecule has 0 spiro atoms. The summed E-state index contributed by atoms with van der Waals surface area (Å²) in [5.41, 5.74) is 0.583. The molecular weight excluding hydrogens is 303 g/mol.